The largest absolute Gasteiger partial charge is 0.368 e. The van der Waals surface area contributed by atoms with E-state index in [9.17, 15) is 4.79 Å². The van der Waals surface area contributed by atoms with E-state index >= 15 is 0 Å². The van der Waals surface area contributed by atoms with E-state index in [2.05, 4.69) is 15.3 Å². The fourth-order valence-corrected chi connectivity index (χ4v) is 2.17. The molecule has 114 valence electrons. The lowest BCUT2D eigenvalue weighted by atomic mass is 10.1. The third-order valence-corrected chi connectivity index (χ3v) is 3.43. The van der Waals surface area contributed by atoms with E-state index < -0.39 is 0 Å². The van der Waals surface area contributed by atoms with Crippen molar-refractivity contribution in [2.75, 3.05) is 11.1 Å². The number of hydrogen-bond donors (Lipinski definition) is 2. The second-order valence-electron chi connectivity index (χ2n) is 5.20. The van der Waals surface area contributed by atoms with Gasteiger partial charge in [-0.15, -0.1) is 0 Å². The van der Waals surface area contributed by atoms with Gasteiger partial charge in [-0.3, -0.25) is 4.79 Å². The zero-order valence-electron chi connectivity index (χ0n) is 12.7. The van der Waals surface area contributed by atoms with Crippen LogP contribution in [0.1, 0.15) is 15.9 Å². The molecule has 3 aromatic rings. The zero-order valence-corrected chi connectivity index (χ0v) is 12.7. The summed E-state index contributed by atoms with van der Waals surface area (Å²) in [7, 11) is 0. The summed E-state index contributed by atoms with van der Waals surface area (Å²) in [6.45, 7) is 1.99. The van der Waals surface area contributed by atoms with E-state index in [0.29, 0.717) is 5.56 Å². The van der Waals surface area contributed by atoms with E-state index in [4.69, 9.17) is 5.73 Å². The van der Waals surface area contributed by atoms with Gasteiger partial charge in [0.25, 0.3) is 5.91 Å². The Labute approximate surface area is 134 Å². The van der Waals surface area contributed by atoms with Crippen molar-refractivity contribution < 1.29 is 4.79 Å². The van der Waals surface area contributed by atoms with E-state index in [1.165, 1.54) is 0 Å². The molecule has 1 aromatic heterocycles. The fourth-order valence-electron chi connectivity index (χ4n) is 2.17. The third-order valence-electron chi connectivity index (χ3n) is 3.43. The van der Waals surface area contributed by atoms with Crippen molar-refractivity contribution >= 4 is 17.5 Å². The average Bonchev–Trinajstić information content (AvgIpc) is 2.56. The first-order valence-corrected chi connectivity index (χ1v) is 7.19. The summed E-state index contributed by atoms with van der Waals surface area (Å²) in [6, 6.07) is 16.7. The third kappa shape index (κ3) is 3.52. The number of aryl methyl sites for hydroxylation is 1. The normalized spacial score (nSPS) is 10.3. The van der Waals surface area contributed by atoms with Crippen LogP contribution in [0.5, 0.6) is 0 Å². The summed E-state index contributed by atoms with van der Waals surface area (Å²) in [6.07, 6.45) is 1.62. The van der Waals surface area contributed by atoms with Gasteiger partial charge in [0.05, 0.1) is 5.69 Å². The van der Waals surface area contributed by atoms with Crippen LogP contribution in [0.3, 0.4) is 0 Å². The lowest BCUT2D eigenvalue weighted by Gasteiger charge is -2.07. The zero-order chi connectivity index (χ0) is 16.2. The molecule has 2 aromatic carbocycles. The first-order valence-electron chi connectivity index (χ1n) is 7.19. The molecular weight excluding hydrogens is 288 g/mol. The number of nitrogens with one attached hydrogen (secondary N) is 1. The van der Waals surface area contributed by atoms with Crippen molar-refractivity contribution in [1.29, 1.82) is 0 Å². The molecule has 3 N–H and O–H groups in total. The van der Waals surface area contributed by atoms with Gasteiger partial charge in [0, 0.05) is 23.0 Å². The van der Waals surface area contributed by atoms with Crippen LogP contribution in [-0.2, 0) is 0 Å². The van der Waals surface area contributed by atoms with Gasteiger partial charge >= 0.3 is 0 Å². The summed E-state index contributed by atoms with van der Waals surface area (Å²) >= 11 is 0. The summed E-state index contributed by atoms with van der Waals surface area (Å²) in [5.41, 5.74) is 9.71. The molecule has 5 nitrogen and oxygen atoms in total. The Morgan fingerprint density at radius 1 is 1.00 bits per heavy atom. The van der Waals surface area contributed by atoms with Gasteiger partial charge in [-0.2, -0.15) is 0 Å². The number of nitrogens with zero attached hydrogens (tertiary/aromatic N) is 2. The number of nitrogens with two attached hydrogens (primary N) is 1. The first-order chi connectivity index (χ1) is 11.1. The molecular formula is C18H16N4O. The molecule has 0 aliphatic carbocycles. The molecule has 0 aliphatic heterocycles. The van der Waals surface area contributed by atoms with Crippen molar-refractivity contribution in [2.45, 2.75) is 6.92 Å². The van der Waals surface area contributed by atoms with E-state index in [0.717, 1.165) is 22.5 Å². The molecule has 0 bridgehead atoms. The van der Waals surface area contributed by atoms with Crippen LogP contribution in [0.25, 0.3) is 11.3 Å². The monoisotopic (exact) mass is 304 g/mol. The van der Waals surface area contributed by atoms with E-state index in [1.54, 1.807) is 12.3 Å². The molecule has 0 spiro atoms. The predicted octanol–water partition coefficient (Wildman–Crippen LogP) is 3.29. The maximum absolute atomic E-state index is 12.2. The van der Waals surface area contributed by atoms with Crippen LogP contribution in [-0.4, -0.2) is 15.9 Å². The highest BCUT2D eigenvalue weighted by molar-refractivity contribution is 6.04. The molecule has 1 amide bonds. The number of aromatic nitrogens is 2. The number of hydrogen-bond acceptors (Lipinski definition) is 4. The molecule has 0 saturated heterocycles. The van der Waals surface area contributed by atoms with E-state index in [-0.39, 0.29) is 11.9 Å². The van der Waals surface area contributed by atoms with Crippen LogP contribution < -0.4 is 11.1 Å². The number of anilines is 2. The van der Waals surface area contributed by atoms with Crippen molar-refractivity contribution in [3.8, 4) is 11.3 Å². The molecule has 1 heterocycles. The number of nitrogen functional groups attached to an aromatic ring is 1. The van der Waals surface area contributed by atoms with Crippen molar-refractivity contribution in [2.24, 2.45) is 0 Å². The lowest BCUT2D eigenvalue weighted by Crippen LogP contribution is -2.11. The highest BCUT2D eigenvalue weighted by atomic mass is 16.1. The van der Waals surface area contributed by atoms with Crippen molar-refractivity contribution in [1.82, 2.24) is 9.97 Å². The Bertz CT molecular complexity index is 826. The average molecular weight is 304 g/mol. The smallest absolute Gasteiger partial charge is 0.255 e. The Morgan fingerprint density at radius 2 is 1.70 bits per heavy atom. The highest BCUT2D eigenvalue weighted by Crippen LogP contribution is 2.20. The SMILES string of the molecule is Cc1ccc(C(=O)Nc2ccc(-c3ccnc(N)n3)cc2)cc1. The van der Waals surface area contributed by atoms with Gasteiger partial charge in [0.2, 0.25) is 5.95 Å². The molecule has 0 unspecified atom stereocenters. The topological polar surface area (TPSA) is 80.9 Å². The minimum Gasteiger partial charge on any atom is -0.368 e. The number of amides is 1. The molecule has 0 radical (unpaired) electrons. The fraction of sp³-hybridized carbons (Fsp3) is 0.0556. The molecule has 3 rings (SSSR count). The number of carbonyl (C=O) groups is 1. The summed E-state index contributed by atoms with van der Waals surface area (Å²) in [5, 5.41) is 2.87. The minimum absolute atomic E-state index is 0.135. The van der Waals surface area contributed by atoms with Gasteiger partial charge in [-0.25, -0.2) is 9.97 Å². The molecule has 23 heavy (non-hydrogen) atoms. The van der Waals surface area contributed by atoms with Gasteiger partial charge in [-0.1, -0.05) is 29.8 Å². The number of benzene rings is 2. The van der Waals surface area contributed by atoms with E-state index in [1.807, 2.05) is 55.5 Å². The molecule has 0 saturated carbocycles. The Kier molecular flexibility index (Phi) is 4.01. The van der Waals surface area contributed by atoms with Crippen molar-refractivity contribution in [3.63, 3.8) is 0 Å². The van der Waals surface area contributed by atoms with Crippen LogP contribution in [0.4, 0.5) is 11.6 Å². The first kappa shape index (κ1) is 14.7. The maximum atomic E-state index is 12.2. The summed E-state index contributed by atoms with van der Waals surface area (Å²) in [5.74, 6) is 0.100. The molecule has 5 heteroatoms. The van der Waals surface area contributed by atoms with Crippen LogP contribution >= 0.6 is 0 Å². The molecule has 0 atom stereocenters. The maximum Gasteiger partial charge on any atom is 0.255 e. The van der Waals surface area contributed by atoms with Crippen LogP contribution in [0, 0.1) is 6.92 Å². The quantitative estimate of drug-likeness (QED) is 0.778. The van der Waals surface area contributed by atoms with Crippen molar-refractivity contribution in [3.05, 3.63) is 71.9 Å². The standard InChI is InChI=1S/C18H16N4O/c1-12-2-4-14(5-3-12)17(23)21-15-8-6-13(7-9-15)16-10-11-20-18(19)22-16/h2-11H,1H3,(H,21,23)(H2,19,20,22). The molecule has 0 fully saturated rings. The second kappa shape index (κ2) is 6.27. The lowest BCUT2D eigenvalue weighted by molar-refractivity contribution is 0.102. The predicted molar refractivity (Wildman–Crippen MR) is 91.0 cm³/mol. The Morgan fingerprint density at radius 3 is 2.35 bits per heavy atom. The Balaban J connectivity index is 1.75. The summed E-state index contributed by atoms with van der Waals surface area (Å²) < 4.78 is 0. The number of carbonyl (C=O) groups excluding carboxylic acids is 1. The Hall–Kier alpha value is -3.21. The van der Waals surface area contributed by atoms with Gasteiger partial charge in [-0.05, 0) is 37.3 Å². The van der Waals surface area contributed by atoms with Gasteiger partial charge < -0.3 is 11.1 Å². The summed E-state index contributed by atoms with van der Waals surface area (Å²) in [4.78, 5) is 20.2. The van der Waals surface area contributed by atoms with Gasteiger partial charge in [0.15, 0.2) is 0 Å². The minimum atomic E-state index is -0.135. The molecule has 0 aliphatic rings. The van der Waals surface area contributed by atoms with Crippen LogP contribution in [0.2, 0.25) is 0 Å². The highest BCUT2D eigenvalue weighted by Gasteiger charge is 2.06. The number of rotatable bonds is 3. The second-order valence-corrected chi connectivity index (χ2v) is 5.20. The van der Waals surface area contributed by atoms with Crippen LogP contribution in [0.15, 0.2) is 60.8 Å². The van der Waals surface area contributed by atoms with Gasteiger partial charge in [0.1, 0.15) is 0 Å².